The number of rotatable bonds is 4. The van der Waals surface area contributed by atoms with Gasteiger partial charge < -0.3 is 9.88 Å². The Balaban J connectivity index is 1.98. The molecule has 0 atom stereocenters. The Bertz CT molecular complexity index is 685. The summed E-state index contributed by atoms with van der Waals surface area (Å²) in [6, 6.07) is 8.66. The molecule has 2 aromatic rings. The molecule has 0 bridgehead atoms. The highest BCUT2D eigenvalue weighted by atomic mass is 35.5. The zero-order chi connectivity index (χ0) is 14.5. The van der Waals surface area contributed by atoms with Crippen LogP contribution in [0.3, 0.4) is 0 Å². The molecule has 4 nitrogen and oxygen atoms in total. The van der Waals surface area contributed by atoms with Crippen molar-refractivity contribution in [3.05, 3.63) is 63.8 Å². The van der Waals surface area contributed by atoms with Crippen LogP contribution in [-0.4, -0.2) is 10.5 Å². The van der Waals surface area contributed by atoms with E-state index in [4.69, 9.17) is 11.6 Å². The number of halogens is 2. The monoisotopic (exact) mass is 294 g/mol. The third kappa shape index (κ3) is 3.68. The lowest BCUT2D eigenvalue weighted by molar-refractivity contribution is -0.116. The number of nitrogens with zero attached hydrogens (tertiary/aromatic N) is 1. The molecule has 1 aromatic carbocycles. The van der Waals surface area contributed by atoms with Crippen LogP contribution in [0.1, 0.15) is 6.42 Å². The van der Waals surface area contributed by atoms with Gasteiger partial charge in [-0.25, -0.2) is 4.39 Å². The van der Waals surface area contributed by atoms with Crippen LogP contribution in [0.4, 0.5) is 10.1 Å². The van der Waals surface area contributed by atoms with Gasteiger partial charge in [-0.3, -0.25) is 9.59 Å². The van der Waals surface area contributed by atoms with Gasteiger partial charge in [-0.05, 0) is 24.3 Å². The molecule has 0 radical (unpaired) electrons. The fourth-order valence-electron chi connectivity index (χ4n) is 1.67. The van der Waals surface area contributed by atoms with Crippen molar-refractivity contribution in [1.82, 2.24) is 4.57 Å². The van der Waals surface area contributed by atoms with E-state index in [1.165, 1.54) is 28.8 Å². The minimum atomic E-state index is -0.556. The van der Waals surface area contributed by atoms with Crippen molar-refractivity contribution in [3.8, 4) is 0 Å². The molecule has 2 rings (SSSR count). The first-order valence-corrected chi connectivity index (χ1v) is 6.34. The van der Waals surface area contributed by atoms with Gasteiger partial charge in [0, 0.05) is 30.3 Å². The summed E-state index contributed by atoms with van der Waals surface area (Å²) in [5, 5.41) is 2.76. The third-order valence-corrected chi connectivity index (χ3v) is 2.92. The summed E-state index contributed by atoms with van der Waals surface area (Å²) in [5.74, 6) is -0.943. The number of hydrogen-bond donors (Lipinski definition) is 1. The SMILES string of the molecule is O=C(CCn1ccccc1=O)Nc1cc(Cl)ccc1F. The van der Waals surface area contributed by atoms with Gasteiger partial charge in [-0.2, -0.15) is 0 Å². The fourth-order valence-corrected chi connectivity index (χ4v) is 1.85. The molecule has 0 aliphatic heterocycles. The van der Waals surface area contributed by atoms with Crippen LogP contribution in [0.5, 0.6) is 0 Å². The molecular formula is C14H12ClFN2O2. The number of aryl methyl sites for hydroxylation is 1. The van der Waals surface area contributed by atoms with Crippen molar-refractivity contribution in [2.24, 2.45) is 0 Å². The van der Waals surface area contributed by atoms with E-state index in [-0.39, 0.29) is 30.1 Å². The van der Waals surface area contributed by atoms with Gasteiger partial charge in [0.15, 0.2) is 0 Å². The Hall–Kier alpha value is -2.14. The zero-order valence-electron chi connectivity index (χ0n) is 10.5. The van der Waals surface area contributed by atoms with Crippen molar-refractivity contribution in [2.45, 2.75) is 13.0 Å². The van der Waals surface area contributed by atoms with E-state index in [2.05, 4.69) is 5.32 Å². The molecule has 0 saturated carbocycles. The molecule has 1 N–H and O–H groups in total. The van der Waals surface area contributed by atoms with Crippen LogP contribution in [-0.2, 0) is 11.3 Å². The molecule has 1 aromatic heterocycles. The molecule has 0 aliphatic carbocycles. The molecule has 6 heteroatoms. The molecular weight excluding hydrogens is 283 g/mol. The van der Waals surface area contributed by atoms with Gasteiger partial charge in [0.05, 0.1) is 5.69 Å². The van der Waals surface area contributed by atoms with Gasteiger partial charge in [0.2, 0.25) is 5.91 Å². The van der Waals surface area contributed by atoms with E-state index in [0.717, 1.165) is 0 Å². The molecule has 0 fully saturated rings. The van der Waals surface area contributed by atoms with E-state index >= 15 is 0 Å². The highest BCUT2D eigenvalue weighted by molar-refractivity contribution is 6.30. The number of carbonyl (C=O) groups excluding carboxylic acids is 1. The van der Waals surface area contributed by atoms with Gasteiger partial charge in [-0.1, -0.05) is 17.7 Å². The standard InChI is InChI=1S/C14H12ClFN2O2/c15-10-4-5-11(16)12(9-10)17-13(19)6-8-18-7-2-1-3-14(18)20/h1-5,7,9H,6,8H2,(H,17,19). The maximum atomic E-state index is 13.4. The van der Waals surface area contributed by atoms with Crippen molar-refractivity contribution < 1.29 is 9.18 Å². The van der Waals surface area contributed by atoms with Crippen LogP contribution in [0.2, 0.25) is 5.02 Å². The highest BCUT2D eigenvalue weighted by Crippen LogP contribution is 2.19. The van der Waals surface area contributed by atoms with Crippen LogP contribution in [0.25, 0.3) is 0 Å². The number of hydrogen-bond acceptors (Lipinski definition) is 2. The maximum absolute atomic E-state index is 13.4. The predicted octanol–water partition coefficient (Wildman–Crippen LogP) is 2.67. The van der Waals surface area contributed by atoms with Gasteiger partial charge >= 0.3 is 0 Å². The Morgan fingerprint density at radius 2 is 2.10 bits per heavy atom. The number of aromatic nitrogens is 1. The molecule has 0 unspecified atom stereocenters. The molecule has 0 saturated heterocycles. The summed E-state index contributed by atoms with van der Waals surface area (Å²) in [4.78, 5) is 23.2. The Labute approximate surface area is 119 Å². The lowest BCUT2D eigenvalue weighted by Crippen LogP contribution is -2.22. The zero-order valence-corrected chi connectivity index (χ0v) is 11.2. The summed E-state index contributed by atoms with van der Waals surface area (Å²) in [5.41, 5.74) is -0.155. The normalized spacial score (nSPS) is 10.3. The van der Waals surface area contributed by atoms with Gasteiger partial charge in [-0.15, -0.1) is 0 Å². The van der Waals surface area contributed by atoms with Crippen LogP contribution >= 0.6 is 11.6 Å². The van der Waals surface area contributed by atoms with Gasteiger partial charge in [0.25, 0.3) is 5.56 Å². The van der Waals surface area contributed by atoms with Crippen LogP contribution < -0.4 is 10.9 Å². The summed E-state index contributed by atoms with van der Waals surface area (Å²) in [7, 11) is 0. The molecule has 1 amide bonds. The van der Waals surface area contributed by atoms with E-state index in [1.54, 1.807) is 18.3 Å². The number of nitrogens with one attached hydrogen (secondary N) is 1. The lowest BCUT2D eigenvalue weighted by atomic mass is 10.3. The lowest BCUT2D eigenvalue weighted by Gasteiger charge is -2.08. The molecule has 0 aliphatic rings. The van der Waals surface area contributed by atoms with Gasteiger partial charge in [0.1, 0.15) is 5.82 Å². The summed E-state index contributed by atoms with van der Waals surface area (Å²) in [6.45, 7) is 0.230. The van der Waals surface area contributed by atoms with E-state index in [1.807, 2.05) is 0 Å². The number of benzene rings is 1. The number of anilines is 1. The second-order valence-corrected chi connectivity index (χ2v) is 4.59. The minimum absolute atomic E-state index is 0.0305. The Morgan fingerprint density at radius 1 is 1.30 bits per heavy atom. The Morgan fingerprint density at radius 3 is 2.85 bits per heavy atom. The quantitative estimate of drug-likeness (QED) is 0.942. The van der Waals surface area contributed by atoms with Crippen molar-refractivity contribution >= 4 is 23.2 Å². The Kier molecular flexibility index (Phi) is 4.53. The van der Waals surface area contributed by atoms with Crippen molar-refractivity contribution in [3.63, 3.8) is 0 Å². The predicted molar refractivity (Wildman–Crippen MR) is 75.4 cm³/mol. The van der Waals surface area contributed by atoms with Crippen LogP contribution in [0, 0.1) is 5.82 Å². The van der Waals surface area contributed by atoms with Crippen molar-refractivity contribution in [1.29, 1.82) is 0 Å². The second-order valence-electron chi connectivity index (χ2n) is 4.15. The molecule has 1 heterocycles. The average molecular weight is 295 g/mol. The van der Waals surface area contributed by atoms with E-state index in [9.17, 15) is 14.0 Å². The first-order valence-electron chi connectivity index (χ1n) is 5.96. The molecule has 104 valence electrons. The second kappa shape index (κ2) is 6.34. The topological polar surface area (TPSA) is 51.1 Å². The summed E-state index contributed by atoms with van der Waals surface area (Å²) >= 11 is 5.73. The molecule has 20 heavy (non-hydrogen) atoms. The van der Waals surface area contributed by atoms with E-state index in [0.29, 0.717) is 5.02 Å². The minimum Gasteiger partial charge on any atom is -0.323 e. The third-order valence-electron chi connectivity index (χ3n) is 2.68. The first kappa shape index (κ1) is 14.3. The number of pyridine rings is 1. The summed E-state index contributed by atoms with van der Waals surface area (Å²) in [6.07, 6.45) is 1.66. The highest BCUT2D eigenvalue weighted by Gasteiger charge is 2.08. The largest absolute Gasteiger partial charge is 0.323 e. The molecule has 0 spiro atoms. The average Bonchev–Trinajstić information content (AvgIpc) is 2.42. The van der Waals surface area contributed by atoms with Crippen molar-refractivity contribution in [2.75, 3.05) is 5.32 Å². The number of amides is 1. The fraction of sp³-hybridized carbons (Fsp3) is 0.143. The van der Waals surface area contributed by atoms with Crippen LogP contribution in [0.15, 0.2) is 47.4 Å². The number of carbonyl (C=O) groups is 1. The first-order chi connectivity index (χ1) is 9.56. The summed E-state index contributed by atoms with van der Waals surface area (Å²) < 4.78 is 14.8. The smallest absolute Gasteiger partial charge is 0.250 e. The van der Waals surface area contributed by atoms with E-state index < -0.39 is 5.82 Å². The maximum Gasteiger partial charge on any atom is 0.250 e.